The summed E-state index contributed by atoms with van der Waals surface area (Å²) in [6.45, 7) is 0.406. The number of piperazine rings is 1. The summed E-state index contributed by atoms with van der Waals surface area (Å²) in [7, 11) is 0. The van der Waals surface area contributed by atoms with Crippen LogP contribution in [-0.4, -0.2) is 52.4 Å². The zero-order chi connectivity index (χ0) is 25.1. The Morgan fingerprint density at radius 1 is 0.811 bits per heavy atom. The van der Waals surface area contributed by atoms with Gasteiger partial charge in [0.25, 0.3) is 5.91 Å². The van der Waals surface area contributed by atoms with Crippen molar-refractivity contribution in [1.29, 1.82) is 0 Å². The summed E-state index contributed by atoms with van der Waals surface area (Å²) in [4.78, 5) is 45.4. The van der Waals surface area contributed by atoms with E-state index >= 15 is 0 Å². The van der Waals surface area contributed by atoms with Crippen LogP contribution in [0.15, 0.2) is 97.1 Å². The van der Waals surface area contributed by atoms with Crippen LogP contribution in [0.5, 0.6) is 0 Å². The number of hydrogen-bond acceptors (Lipinski definition) is 3. The predicted molar refractivity (Wildman–Crippen MR) is 142 cm³/mol. The van der Waals surface area contributed by atoms with Gasteiger partial charge in [-0.2, -0.15) is 0 Å². The van der Waals surface area contributed by atoms with E-state index in [-0.39, 0.29) is 30.1 Å². The molecule has 7 nitrogen and oxygen atoms in total. The molecule has 4 aromatic rings. The molecule has 2 unspecified atom stereocenters. The van der Waals surface area contributed by atoms with Gasteiger partial charge in [-0.05, 0) is 29.5 Å². The number of carbonyl (C=O) groups is 3. The Balaban J connectivity index is 1.17. The zero-order valence-corrected chi connectivity index (χ0v) is 20.0. The van der Waals surface area contributed by atoms with Gasteiger partial charge in [-0.1, -0.05) is 84.9 Å². The van der Waals surface area contributed by atoms with Crippen LogP contribution in [0.2, 0.25) is 0 Å². The fraction of sp³-hybridized carbons (Fsp3) is 0.167. The van der Waals surface area contributed by atoms with Gasteiger partial charge in [0.15, 0.2) is 0 Å². The number of likely N-dealkylation sites (tertiary alicyclic amines) is 1. The molecule has 3 saturated heterocycles. The molecule has 3 atom stereocenters. The molecule has 0 radical (unpaired) electrons. The molecule has 0 saturated carbocycles. The molecule has 5 amide bonds. The quantitative estimate of drug-likeness (QED) is 0.396. The number of carbonyl (C=O) groups excluding carboxylic acids is 3. The van der Waals surface area contributed by atoms with Crippen molar-refractivity contribution in [2.75, 3.05) is 16.8 Å². The molecule has 7 rings (SSSR count). The number of fused-ring (bicyclic) bond motifs is 6. The maximum atomic E-state index is 13.7. The highest BCUT2D eigenvalue weighted by atomic mass is 16.2. The molecule has 3 aliphatic rings. The molecule has 1 N–H and O–H groups in total. The molecule has 37 heavy (non-hydrogen) atoms. The first-order valence-electron chi connectivity index (χ1n) is 12.5. The Hall–Kier alpha value is -4.65. The van der Waals surface area contributed by atoms with Crippen LogP contribution in [0.4, 0.5) is 21.0 Å². The molecule has 0 aliphatic carbocycles. The van der Waals surface area contributed by atoms with Crippen LogP contribution < -0.4 is 10.2 Å². The number of nitrogens with zero attached hydrogens (tertiary/aromatic N) is 3. The van der Waals surface area contributed by atoms with E-state index in [1.807, 2.05) is 97.1 Å². The number of benzene rings is 4. The van der Waals surface area contributed by atoms with E-state index in [1.165, 1.54) is 4.90 Å². The topological polar surface area (TPSA) is 73.0 Å². The average Bonchev–Trinajstić information content (AvgIpc) is 3.60. The second-order valence-electron chi connectivity index (χ2n) is 9.76. The molecule has 4 aromatic carbocycles. The van der Waals surface area contributed by atoms with Gasteiger partial charge in [-0.25, -0.2) is 14.5 Å². The van der Waals surface area contributed by atoms with Gasteiger partial charge in [-0.15, -0.1) is 0 Å². The first-order valence-corrected chi connectivity index (χ1v) is 12.5. The summed E-state index contributed by atoms with van der Waals surface area (Å²) in [6.07, 6.45) is 0.610. The minimum atomic E-state index is -0.666. The fourth-order valence-corrected chi connectivity index (χ4v) is 6.16. The molecule has 182 valence electrons. The fourth-order valence-electron chi connectivity index (χ4n) is 6.16. The number of nitrogens with one attached hydrogen (secondary N) is 1. The van der Waals surface area contributed by atoms with E-state index in [0.717, 1.165) is 21.9 Å². The minimum Gasteiger partial charge on any atom is -0.317 e. The van der Waals surface area contributed by atoms with Crippen molar-refractivity contribution in [2.24, 2.45) is 0 Å². The van der Waals surface area contributed by atoms with Gasteiger partial charge in [-0.3, -0.25) is 4.79 Å². The predicted octanol–water partition coefficient (Wildman–Crippen LogP) is 5.33. The smallest absolute Gasteiger partial charge is 0.317 e. The Morgan fingerprint density at radius 3 is 2.41 bits per heavy atom. The Kier molecular flexibility index (Phi) is 4.79. The van der Waals surface area contributed by atoms with E-state index in [1.54, 1.807) is 9.80 Å². The molecule has 0 aromatic heterocycles. The lowest BCUT2D eigenvalue weighted by molar-refractivity contribution is -0.120. The number of rotatable bonds is 3. The maximum Gasteiger partial charge on any atom is 0.332 e. The van der Waals surface area contributed by atoms with Gasteiger partial charge in [0.1, 0.15) is 6.04 Å². The Labute approximate surface area is 213 Å². The standard InChI is InChI=1S/C30H24N4O3/c35-28-27-26-17-21(33(27)30(37)34(28)25-16-8-12-20-11-4-5-14-23(20)25)18-32(26)29(36)31-24-15-7-6-13-22(24)19-9-2-1-3-10-19/h1-16,21,26-27H,17-18H2,(H,31,36)/t21-,26?,27?/m1/s1. The molecule has 3 heterocycles. The number of urea groups is 2. The minimum absolute atomic E-state index is 0.179. The average molecular weight is 489 g/mol. The highest BCUT2D eigenvalue weighted by Crippen LogP contribution is 2.43. The summed E-state index contributed by atoms with van der Waals surface area (Å²) in [5.41, 5.74) is 3.24. The highest BCUT2D eigenvalue weighted by molar-refractivity contribution is 6.25. The summed E-state index contributed by atoms with van der Waals surface area (Å²) >= 11 is 0. The van der Waals surface area contributed by atoms with Gasteiger partial charge < -0.3 is 15.1 Å². The van der Waals surface area contributed by atoms with Crippen LogP contribution in [-0.2, 0) is 4.79 Å². The van der Waals surface area contributed by atoms with Gasteiger partial charge in [0.05, 0.1) is 23.5 Å². The molecule has 0 spiro atoms. The van der Waals surface area contributed by atoms with Crippen molar-refractivity contribution in [3.05, 3.63) is 97.1 Å². The number of imide groups is 1. The highest BCUT2D eigenvalue weighted by Gasteiger charge is 2.63. The van der Waals surface area contributed by atoms with Crippen LogP contribution in [0, 0.1) is 0 Å². The number of anilines is 2. The van der Waals surface area contributed by atoms with Crippen molar-refractivity contribution in [1.82, 2.24) is 9.80 Å². The van der Waals surface area contributed by atoms with Crippen LogP contribution in [0.3, 0.4) is 0 Å². The largest absolute Gasteiger partial charge is 0.332 e. The monoisotopic (exact) mass is 488 g/mol. The molecular formula is C30H24N4O3. The molecule has 3 aliphatic heterocycles. The van der Waals surface area contributed by atoms with Crippen molar-refractivity contribution >= 4 is 40.1 Å². The first kappa shape index (κ1) is 21.6. The molecule has 7 heteroatoms. The second kappa shape index (κ2) is 8.20. The van der Waals surface area contributed by atoms with Crippen LogP contribution in [0.1, 0.15) is 6.42 Å². The van der Waals surface area contributed by atoms with Crippen molar-refractivity contribution < 1.29 is 14.4 Å². The van der Waals surface area contributed by atoms with Gasteiger partial charge in [0, 0.05) is 17.5 Å². The summed E-state index contributed by atoms with van der Waals surface area (Å²) in [5, 5.41) is 4.89. The number of hydrogen-bond donors (Lipinski definition) is 1. The van der Waals surface area contributed by atoms with E-state index in [9.17, 15) is 14.4 Å². The second-order valence-corrected chi connectivity index (χ2v) is 9.76. The normalized spacial score (nSPS) is 22.2. The summed E-state index contributed by atoms with van der Waals surface area (Å²) in [5.74, 6) is -0.268. The number of amides is 5. The van der Waals surface area contributed by atoms with Crippen molar-refractivity contribution in [3.8, 4) is 11.1 Å². The van der Waals surface area contributed by atoms with Gasteiger partial charge >= 0.3 is 12.1 Å². The maximum absolute atomic E-state index is 13.7. The summed E-state index contributed by atoms with van der Waals surface area (Å²) in [6, 6.07) is 29.2. The number of para-hydroxylation sites is 1. The third-order valence-electron chi connectivity index (χ3n) is 7.79. The Morgan fingerprint density at radius 2 is 1.54 bits per heavy atom. The van der Waals surface area contributed by atoms with Crippen LogP contribution >= 0.6 is 0 Å². The van der Waals surface area contributed by atoms with E-state index < -0.39 is 6.04 Å². The molecule has 3 fully saturated rings. The van der Waals surface area contributed by atoms with E-state index in [4.69, 9.17) is 0 Å². The van der Waals surface area contributed by atoms with Crippen molar-refractivity contribution in [2.45, 2.75) is 24.5 Å². The third kappa shape index (κ3) is 3.24. The lowest BCUT2D eigenvalue weighted by Gasteiger charge is -2.35. The third-order valence-corrected chi connectivity index (χ3v) is 7.79. The van der Waals surface area contributed by atoms with Crippen molar-refractivity contribution in [3.63, 3.8) is 0 Å². The van der Waals surface area contributed by atoms with E-state index in [2.05, 4.69) is 5.32 Å². The van der Waals surface area contributed by atoms with Gasteiger partial charge in [0.2, 0.25) is 0 Å². The van der Waals surface area contributed by atoms with Crippen LogP contribution in [0.25, 0.3) is 21.9 Å². The Bertz CT molecular complexity index is 1560. The summed E-state index contributed by atoms with van der Waals surface area (Å²) < 4.78 is 0. The SMILES string of the molecule is O=C1C2C3C[C@H](CN3C(=O)Nc3ccccc3-c3ccccc3)N2C(=O)N1c1cccc2ccccc12. The molecule has 2 bridgehead atoms. The lowest BCUT2D eigenvalue weighted by atomic mass is 10.0. The van der Waals surface area contributed by atoms with E-state index in [0.29, 0.717) is 24.3 Å². The molecular weight excluding hydrogens is 464 g/mol. The lowest BCUT2D eigenvalue weighted by Crippen LogP contribution is -2.55. The first-order chi connectivity index (χ1) is 18.1. The zero-order valence-electron chi connectivity index (χ0n) is 20.0.